The minimum Gasteiger partial charge on any atom is -0.373 e. The smallest absolute Gasteiger partial charge is 0.244 e. The molecule has 3 atom stereocenters. The largest absolute Gasteiger partial charge is 0.373 e. The van der Waals surface area contributed by atoms with Crippen molar-refractivity contribution >= 4 is 15.9 Å². The van der Waals surface area contributed by atoms with Crippen molar-refractivity contribution in [1.82, 2.24) is 14.1 Å². The van der Waals surface area contributed by atoms with Crippen molar-refractivity contribution in [2.75, 3.05) is 39.3 Å². The van der Waals surface area contributed by atoms with Crippen molar-refractivity contribution < 1.29 is 17.9 Å². The molecular formula is C26H41N3O4S. The molecule has 3 heterocycles. The summed E-state index contributed by atoms with van der Waals surface area (Å²) >= 11 is 0. The SMILES string of the molecule is Cc1cc(C)c(S(=O)(=O)N2CCCC2C(=O)N2CCC(CN3CC(C)OC(C)C3)CC2)c(C)c1. The van der Waals surface area contributed by atoms with Crippen molar-refractivity contribution in [3.05, 3.63) is 28.8 Å². The van der Waals surface area contributed by atoms with Gasteiger partial charge in [0.1, 0.15) is 6.04 Å². The molecule has 0 N–H and O–H groups in total. The van der Waals surface area contributed by atoms with E-state index in [1.165, 1.54) is 4.31 Å². The molecule has 3 unspecified atom stereocenters. The van der Waals surface area contributed by atoms with Crippen LogP contribution in [0.5, 0.6) is 0 Å². The maximum absolute atomic E-state index is 13.7. The molecule has 1 aromatic carbocycles. The van der Waals surface area contributed by atoms with Crippen molar-refractivity contribution in [3.63, 3.8) is 0 Å². The molecule has 0 bridgehead atoms. The molecule has 0 aliphatic carbocycles. The predicted octanol–water partition coefficient (Wildman–Crippen LogP) is 3.11. The number of aryl methyl sites for hydroxylation is 3. The van der Waals surface area contributed by atoms with Crippen LogP contribution >= 0.6 is 0 Å². The quantitative estimate of drug-likeness (QED) is 0.633. The van der Waals surface area contributed by atoms with E-state index in [1.54, 1.807) is 0 Å². The van der Waals surface area contributed by atoms with E-state index in [4.69, 9.17) is 4.74 Å². The van der Waals surface area contributed by atoms with E-state index in [0.717, 1.165) is 55.6 Å². The number of piperidine rings is 1. The van der Waals surface area contributed by atoms with E-state index in [-0.39, 0.29) is 18.1 Å². The Labute approximate surface area is 205 Å². The van der Waals surface area contributed by atoms with Crippen molar-refractivity contribution in [2.24, 2.45) is 5.92 Å². The molecule has 0 aromatic heterocycles. The Morgan fingerprint density at radius 3 is 2.15 bits per heavy atom. The Morgan fingerprint density at radius 1 is 0.971 bits per heavy atom. The zero-order valence-electron chi connectivity index (χ0n) is 21.4. The second kappa shape index (κ2) is 10.2. The highest BCUT2D eigenvalue weighted by Gasteiger charge is 2.42. The number of nitrogens with zero attached hydrogens (tertiary/aromatic N) is 3. The van der Waals surface area contributed by atoms with Gasteiger partial charge < -0.3 is 9.64 Å². The lowest BCUT2D eigenvalue weighted by molar-refractivity contribution is -0.136. The summed E-state index contributed by atoms with van der Waals surface area (Å²) in [7, 11) is -3.72. The monoisotopic (exact) mass is 491 g/mol. The lowest BCUT2D eigenvalue weighted by Crippen LogP contribution is -2.51. The van der Waals surface area contributed by atoms with Crippen LogP contribution in [-0.2, 0) is 19.6 Å². The van der Waals surface area contributed by atoms with Gasteiger partial charge in [0.25, 0.3) is 0 Å². The first kappa shape index (κ1) is 25.6. The van der Waals surface area contributed by atoms with Gasteiger partial charge in [-0.15, -0.1) is 0 Å². The minimum absolute atomic E-state index is 0.0180. The zero-order chi connectivity index (χ0) is 24.6. The molecule has 34 heavy (non-hydrogen) atoms. The van der Waals surface area contributed by atoms with Gasteiger partial charge in [-0.2, -0.15) is 4.31 Å². The first-order chi connectivity index (χ1) is 16.1. The second-order valence-corrected chi connectivity index (χ2v) is 12.6. The van der Waals surface area contributed by atoms with E-state index in [2.05, 4.69) is 18.7 Å². The maximum atomic E-state index is 13.7. The molecule has 190 valence electrons. The topological polar surface area (TPSA) is 70.2 Å². The van der Waals surface area contributed by atoms with Crippen LogP contribution in [0.1, 0.15) is 56.2 Å². The number of morpholine rings is 1. The van der Waals surface area contributed by atoms with E-state index < -0.39 is 16.1 Å². The van der Waals surface area contributed by atoms with Crippen LogP contribution < -0.4 is 0 Å². The Bertz CT molecular complexity index is 970. The maximum Gasteiger partial charge on any atom is 0.244 e. The van der Waals surface area contributed by atoms with Gasteiger partial charge in [-0.3, -0.25) is 9.69 Å². The molecule has 7 nitrogen and oxygen atoms in total. The summed E-state index contributed by atoms with van der Waals surface area (Å²) in [5.74, 6) is 0.554. The van der Waals surface area contributed by atoms with Gasteiger partial charge >= 0.3 is 0 Å². The van der Waals surface area contributed by atoms with Gasteiger partial charge in [0, 0.05) is 39.3 Å². The van der Waals surface area contributed by atoms with Crippen molar-refractivity contribution in [1.29, 1.82) is 0 Å². The number of benzene rings is 1. The molecule has 1 amide bonds. The number of hydrogen-bond acceptors (Lipinski definition) is 5. The van der Waals surface area contributed by atoms with Gasteiger partial charge in [0.2, 0.25) is 15.9 Å². The fourth-order valence-electron chi connectivity index (χ4n) is 6.31. The molecule has 0 spiro atoms. The van der Waals surface area contributed by atoms with Crippen LogP contribution in [0.25, 0.3) is 0 Å². The number of sulfonamides is 1. The fraction of sp³-hybridized carbons (Fsp3) is 0.731. The summed E-state index contributed by atoms with van der Waals surface area (Å²) in [5.41, 5.74) is 2.55. The third kappa shape index (κ3) is 5.35. The lowest BCUT2D eigenvalue weighted by Gasteiger charge is -2.40. The van der Waals surface area contributed by atoms with Crippen LogP contribution in [0.15, 0.2) is 17.0 Å². The van der Waals surface area contributed by atoms with Gasteiger partial charge in [0.05, 0.1) is 17.1 Å². The number of rotatable bonds is 5. The molecule has 0 saturated carbocycles. The average Bonchev–Trinajstić information content (AvgIpc) is 3.23. The molecule has 1 aromatic rings. The van der Waals surface area contributed by atoms with Gasteiger partial charge in [-0.05, 0) is 77.3 Å². The number of hydrogen-bond donors (Lipinski definition) is 0. The molecule has 4 rings (SSSR count). The van der Waals surface area contributed by atoms with Crippen LogP contribution in [0.2, 0.25) is 0 Å². The Hall–Kier alpha value is -1.48. The third-order valence-corrected chi connectivity index (χ3v) is 9.81. The third-order valence-electron chi connectivity index (χ3n) is 7.60. The molecule has 3 saturated heterocycles. The van der Waals surface area contributed by atoms with Crippen LogP contribution in [0.3, 0.4) is 0 Å². The van der Waals surface area contributed by atoms with Gasteiger partial charge in [-0.25, -0.2) is 8.42 Å². The van der Waals surface area contributed by atoms with E-state index in [0.29, 0.717) is 36.9 Å². The highest BCUT2D eigenvalue weighted by atomic mass is 32.2. The summed E-state index contributed by atoms with van der Waals surface area (Å²) in [6.07, 6.45) is 3.81. The first-order valence-electron chi connectivity index (χ1n) is 12.8. The van der Waals surface area contributed by atoms with E-state index >= 15 is 0 Å². The lowest BCUT2D eigenvalue weighted by atomic mass is 9.95. The zero-order valence-corrected chi connectivity index (χ0v) is 22.2. The van der Waals surface area contributed by atoms with Crippen molar-refractivity contribution in [2.45, 2.75) is 83.4 Å². The standard InChI is InChI=1S/C26H41N3O4S/c1-18-13-19(2)25(20(3)14-18)34(31,32)29-10-6-7-24(29)26(30)28-11-8-23(9-12-28)17-27-15-21(4)33-22(5)16-27/h13-14,21-24H,6-12,15-17H2,1-5H3. The van der Waals surface area contributed by atoms with E-state index in [1.807, 2.05) is 37.8 Å². The normalized spacial score (nSPS) is 27.9. The summed E-state index contributed by atoms with van der Waals surface area (Å²) in [4.78, 5) is 18.3. The highest BCUT2D eigenvalue weighted by Crippen LogP contribution is 2.32. The van der Waals surface area contributed by atoms with E-state index in [9.17, 15) is 13.2 Å². The summed E-state index contributed by atoms with van der Waals surface area (Å²) < 4.78 is 34.6. The minimum atomic E-state index is -3.72. The molecule has 3 aliphatic heterocycles. The number of carbonyl (C=O) groups is 1. The number of amides is 1. The van der Waals surface area contributed by atoms with Crippen molar-refractivity contribution in [3.8, 4) is 0 Å². The summed E-state index contributed by atoms with van der Waals surface area (Å²) in [6.45, 7) is 14.8. The average molecular weight is 492 g/mol. The Balaban J connectivity index is 1.40. The Kier molecular flexibility index (Phi) is 7.72. The molecule has 3 aliphatic rings. The summed E-state index contributed by atoms with van der Waals surface area (Å²) in [6, 6.07) is 3.24. The fourth-order valence-corrected chi connectivity index (χ4v) is 8.38. The number of carbonyl (C=O) groups excluding carboxylic acids is 1. The van der Waals surface area contributed by atoms with Crippen LogP contribution in [0.4, 0.5) is 0 Å². The number of likely N-dealkylation sites (tertiary alicyclic amines) is 1. The Morgan fingerprint density at radius 2 is 1.56 bits per heavy atom. The molecular weight excluding hydrogens is 450 g/mol. The molecule has 8 heteroatoms. The first-order valence-corrected chi connectivity index (χ1v) is 14.3. The van der Waals surface area contributed by atoms with Gasteiger partial charge in [-0.1, -0.05) is 17.7 Å². The highest BCUT2D eigenvalue weighted by molar-refractivity contribution is 7.89. The molecule has 0 radical (unpaired) electrons. The second-order valence-electron chi connectivity index (χ2n) is 10.7. The van der Waals surface area contributed by atoms with Crippen LogP contribution in [0, 0.1) is 26.7 Å². The molecule has 3 fully saturated rings. The predicted molar refractivity (Wildman–Crippen MR) is 133 cm³/mol. The summed E-state index contributed by atoms with van der Waals surface area (Å²) in [5, 5.41) is 0. The van der Waals surface area contributed by atoms with Gasteiger partial charge in [0.15, 0.2) is 0 Å². The van der Waals surface area contributed by atoms with Crippen LogP contribution in [-0.4, -0.2) is 85.9 Å². The number of ether oxygens (including phenoxy) is 1.